The smallest absolute Gasteiger partial charge is 0.220 e. The standard InChI is InChI=1S/C14H29N3O/c1-3-17(2)10-9-16-14(18)8-7-12-5-4-6-13(15)11-12/h12-13H,3-11,15H2,1-2H3,(H,16,18). The quantitative estimate of drug-likeness (QED) is 0.722. The Bertz CT molecular complexity index is 245. The fraction of sp³-hybridized carbons (Fsp3) is 0.929. The third-order valence-corrected chi connectivity index (χ3v) is 3.96. The molecule has 0 aromatic rings. The Kier molecular flexibility index (Phi) is 7.28. The molecule has 1 aliphatic carbocycles. The van der Waals surface area contributed by atoms with Crippen LogP contribution in [0.2, 0.25) is 0 Å². The average molecular weight is 255 g/mol. The zero-order valence-corrected chi connectivity index (χ0v) is 12.0. The molecule has 0 spiro atoms. The van der Waals surface area contributed by atoms with Crippen molar-refractivity contribution in [3.8, 4) is 0 Å². The summed E-state index contributed by atoms with van der Waals surface area (Å²) in [6.07, 6.45) is 6.41. The van der Waals surface area contributed by atoms with Gasteiger partial charge in [0.15, 0.2) is 0 Å². The normalized spacial score (nSPS) is 24.2. The molecule has 4 heteroatoms. The van der Waals surface area contributed by atoms with Crippen molar-refractivity contribution < 1.29 is 4.79 Å². The van der Waals surface area contributed by atoms with Crippen LogP contribution >= 0.6 is 0 Å². The zero-order valence-electron chi connectivity index (χ0n) is 12.0. The van der Waals surface area contributed by atoms with Gasteiger partial charge in [0.1, 0.15) is 0 Å². The number of nitrogens with zero attached hydrogens (tertiary/aromatic N) is 1. The van der Waals surface area contributed by atoms with Crippen molar-refractivity contribution in [2.45, 2.75) is 51.5 Å². The summed E-state index contributed by atoms with van der Waals surface area (Å²) in [5.41, 5.74) is 5.95. The molecule has 0 aromatic carbocycles. The van der Waals surface area contributed by atoms with Gasteiger partial charge < -0.3 is 16.0 Å². The Morgan fingerprint density at radius 2 is 2.22 bits per heavy atom. The van der Waals surface area contributed by atoms with Crippen molar-refractivity contribution in [1.82, 2.24) is 10.2 Å². The SMILES string of the molecule is CCN(C)CCNC(=O)CCC1CCCC(N)C1. The molecule has 0 saturated heterocycles. The molecule has 18 heavy (non-hydrogen) atoms. The van der Waals surface area contributed by atoms with E-state index in [0.717, 1.165) is 38.9 Å². The van der Waals surface area contributed by atoms with E-state index in [4.69, 9.17) is 5.73 Å². The minimum absolute atomic E-state index is 0.193. The number of carbonyl (C=O) groups is 1. The van der Waals surface area contributed by atoms with Crippen molar-refractivity contribution in [3.05, 3.63) is 0 Å². The number of amides is 1. The molecule has 4 nitrogen and oxygen atoms in total. The maximum absolute atomic E-state index is 11.7. The van der Waals surface area contributed by atoms with Gasteiger partial charge in [0.05, 0.1) is 0 Å². The van der Waals surface area contributed by atoms with Gasteiger partial charge in [-0.25, -0.2) is 0 Å². The number of carbonyl (C=O) groups excluding carboxylic acids is 1. The fourth-order valence-electron chi connectivity index (χ4n) is 2.56. The van der Waals surface area contributed by atoms with Crippen LogP contribution in [0.1, 0.15) is 45.4 Å². The highest BCUT2D eigenvalue weighted by molar-refractivity contribution is 5.75. The summed E-state index contributed by atoms with van der Waals surface area (Å²) in [5.74, 6) is 0.858. The number of likely N-dealkylation sites (N-methyl/N-ethyl adjacent to an activating group) is 1. The molecular formula is C14H29N3O. The second kappa shape index (κ2) is 8.48. The van der Waals surface area contributed by atoms with E-state index in [2.05, 4.69) is 24.2 Å². The van der Waals surface area contributed by atoms with E-state index in [1.165, 1.54) is 12.8 Å². The topological polar surface area (TPSA) is 58.4 Å². The van der Waals surface area contributed by atoms with Gasteiger partial charge in [-0.05, 0) is 38.8 Å². The highest BCUT2D eigenvalue weighted by Gasteiger charge is 2.19. The van der Waals surface area contributed by atoms with Gasteiger partial charge in [-0.15, -0.1) is 0 Å². The summed E-state index contributed by atoms with van der Waals surface area (Å²) in [6.45, 7) is 4.83. The predicted molar refractivity (Wildman–Crippen MR) is 75.3 cm³/mol. The van der Waals surface area contributed by atoms with E-state index < -0.39 is 0 Å². The average Bonchev–Trinajstić information content (AvgIpc) is 2.36. The minimum atomic E-state index is 0.193. The molecule has 0 aliphatic heterocycles. The van der Waals surface area contributed by atoms with Gasteiger partial charge in [-0.3, -0.25) is 4.79 Å². The van der Waals surface area contributed by atoms with Gasteiger partial charge in [0.25, 0.3) is 0 Å². The van der Waals surface area contributed by atoms with Crippen LogP contribution in [-0.2, 0) is 4.79 Å². The zero-order chi connectivity index (χ0) is 13.4. The van der Waals surface area contributed by atoms with Crippen LogP contribution in [0.25, 0.3) is 0 Å². The Balaban J connectivity index is 2.05. The lowest BCUT2D eigenvalue weighted by Gasteiger charge is -2.26. The lowest BCUT2D eigenvalue weighted by atomic mass is 9.83. The first-order chi connectivity index (χ1) is 8.61. The molecule has 1 amide bonds. The summed E-state index contributed by atoms with van der Waals surface area (Å²) < 4.78 is 0. The van der Waals surface area contributed by atoms with Crippen LogP contribution in [0.5, 0.6) is 0 Å². The number of hydrogen-bond acceptors (Lipinski definition) is 3. The minimum Gasteiger partial charge on any atom is -0.355 e. The molecule has 106 valence electrons. The number of nitrogens with one attached hydrogen (secondary N) is 1. The van der Waals surface area contributed by atoms with Crippen LogP contribution < -0.4 is 11.1 Å². The van der Waals surface area contributed by atoms with Crippen LogP contribution in [0, 0.1) is 5.92 Å². The van der Waals surface area contributed by atoms with Crippen LogP contribution in [0.4, 0.5) is 0 Å². The maximum Gasteiger partial charge on any atom is 0.220 e. The largest absolute Gasteiger partial charge is 0.355 e. The number of hydrogen-bond donors (Lipinski definition) is 2. The second-order valence-corrected chi connectivity index (χ2v) is 5.58. The maximum atomic E-state index is 11.7. The summed E-state index contributed by atoms with van der Waals surface area (Å²) in [7, 11) is 2.07. The first-order valence-electron chi connectivity index (χ1n) is 7.32. The second-order valence-electron chi connectivity index (χ2n) is 5.58. The molecule has 2 atom stereocenters. The van der Waals surface area contributed by atoms with Crippen molar-refractivity contribution >= 4 is 5.91 Å². The first kappa shape index (κ1) is 15.4. The molecular weight excluding hydrogens is 226 g/mol. The van der Waals surface area contributed by atoms with Gasteiger partial charge in [0.2, 0.25) is 5.91 Å². The van der Waals surface area contributed by atoms with Crippen LogP contribution in [0.3, 0.4) is 0 Å². The highest BCUT2D eigenvalue weighted by atomic mass is 16.1. The first-order valence-corrected chi connectivity index (χ1v) is 7.32. The molecule has 1 fully saturated rings. The summed E-state index contributed by atoms with van der Waals surface area (Å²) in [5, 5.41) is 2.99. The number of nitrogens with two attached hydrogens (primary N) is 1. The van der Waals surface area contributed by atoms with Gasteiger partial charge >= 0.3 is 0 Å². The molecule has 0 aromatic heterocycles. The van der Waals surface area contributed by atoms with E-state index >= 15 is 0 Å². The van der Waals surface area contributed by atoms with Crippen LogP contribution in [0.15, 0.2) is 0 Å². The molecule has 1 saturated carbocycles. The Morgan fingerprint density at radius 1 is 1.44 bits per heavy atom. The Morgan fingerprint density at radius 3 is 2.89 bits per heavy atom. The van der Waals surface area contributed by atoms with Crippen molar-refractivity contribution in [1.29, 1.82) is 0 Å². The lowest BCUT2D eigenvalue weighted by molar-refractivity contribution is -0.121. The summed E-state index contributed by atoms with van der Waals surface area (Å²) in [4.78, 5) is 13.9. The summed E-state index contributed by atoms with van der Waals surface area (Å²) in [6, 6.07) is 0.366. The molecule has 2 unspecified atom stereocenters. The van der Waals surface area contributed by atoms with Gasteiger partial charge in [-0.1, -0.05) is 19.8 Å². The lowest BCUT2D eigenvalue weighted by Crippen LogP contribution is -2.33. The van der Waals surface area contributed by atoms with E-state index in [9.17, 15) is 4.79 Å². The summed E-state index contributed by atoms with van der Waals surface area (Å²) >= 11 is 0. The van der Waals surface area contributed by atoms with E-state index in [1.807, 2.05) is 0 Å². The molecule has 0 heterocycles. The predicted octanol–water partition coefficient (Wildman–Crippen LogP) is 1.35. The van der Waals surface area contributed by atoms with E-state index in [0.29, 0.717) is 18.4 Å². The monoisotopic (exact) mass is 255 g/mol. The highest BCUT2D eigenvalue weighted by Crippen LogP contribution is 2.26. The third-order valence-electron chi connectivity index (χ3n) is 3.96. The van der Waals surface area contributed by atoms with Crippen LogP contribution in [-0.4, -0.2) is 43.5 Å². The molecule has 0 radical (unpaired) electrons. The van der Waals surface area contributed by atoms with E-state index in [-0.39, 0.29) is 5.91 Å². The van der Waals surface area contributed by atoms with Crippen molar-refractivity contribution in [2.24, 2.45) is 11.7 Å². The molecule has 1 rings (SSSR count). The van der Waals surface area contributed by atoms with Crippen molar-refractivity contribution in [2.75, 3.05) is 26.7 Å². The van der Waals surface area contributed by atoms with Gasteiger partial charge in [0, 0.05) is 25.6 Å². The van der Waals surface area contributed by atoms with Gasteiger partial charge in [-0.2, -0.15) is 0 Å². The Hall–Kier alpha value is -0.610. The fourth-order valence-corrected chi connectivity index (χ4v) is 2.56. The van der Waals surface area contributed by atoms with E-state index in [1.54, 1.807) is 0 Å². The molecule has 0 bridgehead atoms. The van der Waals surface area contributed by atoms with Crippen molar-refractivity contribution in [3.63, 3.8) is 0 Å². The molecule has 3 N–H and O–H groups in total. The third kappa shape index (κ3) is 6.36. The molecule has 1 aliphatic rings. The number of rotatable bonds is 7. The Labute approximate surface area is 111 Å².